The van der Waals surface area contributed by atoms with Gasteiger partial charge in [0.15, 0.2) is 0 Å². The maximum Gasteiger partial charge on any atom is 0.253 e. The van der Waals surface area contributed by atoms with Gasteiger partial charge in [0.1, 0.15) is 12.4 Å². The molecule has 1 heterocycles. The fraction of sp³-hybridized carbons (Fsp3) is 0.435. The van der Waals surface area contributed by atoms with Crippen molar-refractivity contribution in [2.45, 2.75) is 37.7 Å². The number of ether oxygens (including phenoxy) is 2. The first-order valence-electron chi connectivity index (χ1n) is 10.4. The maximum absolute atomic E-state index is 12.6. The summed E-state index contributed by atoms with van der Waals surface area (Å²) < 4.78 is 38.7. The first kappa shape index (κ1) is 23.2. The van der Waals surface area contributed by atoms with Crippen LogP contribution < -0.4 is 9.46 Å². The molecule has 168 valence electrons. The molecular weight excluding hydrogens is 416 g/mol. The van der Waals surface area contributed by atoms with E-state index in [1.54, 1.807) is 11.9 Å². The Labute approximate surface area is 184 Å². The van der Waals surface area contributed by atoms with E-state index in [0.717, 1.165) is 29.7 Å². The Bertz CT molecular complexity index is 979. The van der Waals surface area contributed by atoms with Crippen LogP contribution in [0.1, 0.15) is 34.3 Å². The van der Waals surface area contributed by atoms with Crippen molar-refractivity contribution in [3.8, 4) is 5.75 Å². The summed E-state index contributed by atoms with van der Waals surface area (Å²) in [5, 5.41) is 0. The monoisotopic (exact) mass is 446 g/mol. The Morgan fingerprint density at radius 3 is 2.45 bits per heavy atom. The number of sulfonamides is 1. The molecule has 31 heavy (non-hydrogen) atoms. The number of rotatable bonds is 9. The Kier molecular flexibility index (Phi) is 7.69. The van der Waals surface area contributed by atoms with E-state index in [1.807, 2.05) is 26.0 Å². The molecule has 0 saturated carbocycles. The van der Waals surface area contributed by atoms with Gasteiger partial charge in [-0.25, -0.2) is 13.1 Å². The van der Waals surface area contributed by atoms with E-state index in [4.69, 9.17) is 9.47 Å². The van der Waals surface area contributed by atoms with E-state index in [2.05, 4.69) is 10.8 Å². The third-order valence-corrected chi connectivity index (χ3v) is 6.61. The zero-order valence-corrected chi connectivity index (χ0v) is 19.1. The van der Waals surface area contributed by atoms with Crippen LogP contribution in [0.5, 0.6) is 5.75 Å². The second-order valence-electron chi connectivity index (χ2n) is 7.91. The standard InChI is InChI=1S/C23H30N2O5S/c1-17-13-18(2)15-21(14-17)30-12-10-25(3)23(26)19-6-8-22(9-7-19)31(27,28)24-16-20-5-4-11-29-20/h6-9,13-15,20,24H,4-5,10-12,16H2,1-3H3. The molecule has 1 aliphatic heterocycles. The minimum absolute atomic E-state index is 0.0739. The van der Waals surface area contributed by atoms with Gasteiger partial charge in [-0.15, -0.1) is 0 Å². The highest BCUT2D eigenvalue weighted by atomic mass is 32.2. The summed E-state index contributed by atoms with van der Waals surface area (Å²) in [5.41, 5.74) is 2.67. The predicted molar refractivity (Wildman–Crippen MR) is 119 cm³/mol. The minimum Gasteiger partial charge on any atom is -0.492 e. The first-order chi connectivity index (χ1) is 14.7. The highest BCUT2D eigenvalue weighted by Gasteiger charge is 2.21. The van der Waals surface area contributed by atoms with Gasteiger partial charge in [0.05, 0.1) is 17.5 Å². The molecule has 1 amide bonds. The molecule has 0 spiro atoms. The molecule has 2 aromatic carbocycles. The Morgan fingerprint density at radius 2 is 1.84 bits per heavy atom. The molecule has 1 unspecified atom stereocenters. The molecule has 3 rings (SSSR count). The molecule has 1 N–H and O–H groups in total. The molecule has 1 atom stereocenters. The van der Waals surface area contributed by atoms with E-state index in [9.17, 15) is 13.2 Å². The zero-order chi connectivity index (χ0) is 22.4. The number of likely N-dealkylation sites (N-methyl/N-ethyl adjacent to an activating group) is 1. The number of hydrogen-bond acceptors (Lipinski definition) is 5. The summed E-state index contributed by atoms with van der Waals surface area (Å²) in [4.78, 5) is 14.3. The summed E-state index contributed by atoms with van der Waals surface area (Å²) in [7, 11) is -1.94. The average Bonchev–Trinajstić information content (AvgIpc) is 3.25. The molecule has 0 aromatic heterocycles. The lowest BCUT2D eigenvalue weighted by Crippen LogP contribution is -2.32. The third-order valence-electron chi connectivity index (χ3n) is 5.17. The number of nitrogens with zero attached hydrogens (tertiary/aromatic N) is 1. The molecule has 0 aliphatic carbocycles. The van der Waals surface area contributed by atoms with Gasteiger partial charge in [-0.2, -0.15) is 0 Å². The molecular formula is C23H30N2O5S. The summed E-state index contributed by atoms with van der Waals surface area (Å²) in [6.07, 6.45) is 1.73. The number of amides is 1. The quantitative estimate of drug-likeness (QED) is 0.640. The molecule has 1 saturated heterocycles. The van der Waals surface area contributed by atoms with E-state index >= 15 is 0 Å². The fourth-order valence-electron chi connectivity index (χ4n) is 3.51. The van der Waals surface area contributed by atoms with Crippen molar-refractivity contribution in [1.29, 1.82) is 0 Å². The topological polar surface area (TPSA) is 84.9 Å². The van der Waals surface area contributed by atoms with E-state index in [1.165, 1.54) is 24.3 Å². The number of benzene rings is 2. The van der Waals surface area contributed by atoms with Crippen molar-refractivity contribution in [2.24, 2.45) is 0 Å². The average molecular weight is 447 g/mol. The molecule has 0 radical (unpaired) electrons. The van der Waals surface area contributed by atoms with Gasteiger partial charge in [0, 0.05) is 25.8 Å². The Hall–Kier alpha value is -2.42. The highest BCUT2D eigenvalue weighted by Crippen LogP contribution is 2.17. The van der Waals surface area contributed by atoms with Crippen molar-refractivity contribution in [2.75, 3.05) is 33.4 Å². The van der Waals surface area contributed by atoms with Crippen molar-refractivity contribution >= 4 is 15.9 Å². The van der Waals surface area contributed by atoms with Gasteiger partial charge in [-0.05, 0) is 74.2 Å². The van der Waals surface area contributed by atoms with Gasteiger partial charge in [0.25, 0.3) is 5.91 Å². The summed E-state index contributed by atoms with van der Waals surface area (Å²) in [5.74, 6) is 0.587. The van der Waals surface area contributed by atoms with Crippen LogP contribution in [0.15, 0.2) is 47.4 Å². The lowest BCUT2D eigenvalue weighted by Gasteiger charge is -2.18. The van der Waals surface area contributed by atoms with Crippen LogP contribution in [0.3, 0.4) is 0 Å². The van der Waals surface area contributed by atoms with Gasteiger partial charge in [-0.3, -0.25) is 4.79 Å². The largest absolute Gasteiger partial charge is 0.492 e. The van der Waals surface area contributed by atoms with Crippen LogP contribution in [0.2, 0.25) is 0 Å². The van der Waals surface area contributed by atoms with Gasteiger partial charge in [0.2, 0.25) is 10.0 Å². The fourth-order valence-corrected chi connectivity index (χ4v) is 4.57. The van der Waals surface area contributed by atoms with Crippen molar-refractivity contribution < 1.29 is 22.7 Å². The Morgan fingerprint density at radius 1 is 1.16 bits per heavy atom. The molecule has 8 heteroatoms. The predicted octanol–water partition coefficient (Wildman–Crippen LogP) is 2.91. The second kappa shape index (κ2) is 10.3. The molecule has 1 fully saturated rings. The van der Waals surface area contributed by atoms with Crippen molar-refractivity contribution in [3.63, 3.8) is 0 Å². The lowest BCUT2D eigenvalue weighted by atomic mass is 10.1. The number of nitrogens with one attached hydrogen (secondary N) is 1. The number of carbonyl (C=O) groups is 1. The zero-order valence-electron chi connectivity index (χ0n) is 18.3. The van der Waals surface area contributed by atoms with Gasteiger partial charge in [-0.1, -0.05) is 6.07 Å². The summed E-state index contributed by atoms with van der Waals surface area (Å²) in [6.45, 7) is 5.73. The number of hydrogen-bond donors (Lipinski definition) is 1. The molecule has 1 aliphatic rings. The third kappa shape index (κ3) is 6.53. The Balaban J connectivity index is 1.52. The van der Waals surface area contributed by atoms with Gasteiger partial charge >= 0.3 is 0 Å². The van der Waals surface area contributed by atoms with E-state index in [-0.39, 0.29) is 23.5 Å². The molecule has 7 nitrogen and oxygen atoms in total. The van der Waals surface area contributed by atoms with Crippen LogP contribution in [-0.4, -0.2) is 58.7 Å². The highest BCUT2D eigenvalue weighted by molar-refractivity contribution is 7.89. The van der Waals surface area contributed by atoms with E-state index in [0.29, 0.717) is 25.3 Å². The van der Waals surface area contributed by atoms with Gasteiger partial charge < -0.3 is 14.4 Å². The summed E-state index contributed by atoms with van der Waals surface area (Å²) >= 11 is 0. The molecule has 0 bridgehead atoms. The van der Waals surface area contributed by atoms with Crippen LogP contribution in [0.25, 0.3) is 0 Å². The summed E-state index contributed by atoms with van der Waals surface area (Å²) in [6, 6.07) is 12.0. The van der Waals surface area contributed by atoms with Crippen LogP contribution in [0.4, 0.5) is 0 Å². The van der Waals surface area contributed by atoms with Crippen LogP contribution in [0, 0.1) is 13.8 Å². The second-order valence-corrected chi connectivity index (χ2v) is 9.68. The first-order valence-corrected chi connectivity index (χ1v) is 11.9. The minimum atomic E-state index is -3.64. The smallest absolute Gasteiger partial charge is 0.253 e. The normalized spacial score (nSPS) is 16.3. The van der Waals surface area contributed by atoms with Crippen LogP contribution in [-0.2, 0) is 14.8 Å². The van der Waals surface area contributed by atoms with E-state index < -0.39 is 10.0 Å². The number of aryl methyl sites for hydroxylation is 2. The maximum atomic E-state index is 12.6. The van der Waals surface area contributed by atoms with Crippen molar-refractivity contribution in [3.05, 3.63) is 59.2 Å². The SMILES string of the molecule is Cc1cc(C)cc(OCCN(C)C(=O)c2ccc(S(=O)(=O)NCC3CCCO3)cc2)c1. The lowest BCUT2D eigenvalue weighted by molar-refractivity contribution is 0.0773. The molecule has 2 aromatic rings. The number of carbonyl (C=O) groups excluding carboxylic acids is 1. The van der Waals surface area contributed by atoms with Crippen LogP contribution >= 0.6 is 0 Å². The van der Waals surface area contributed by atoms with Crippen molar-refractivity contribution in [1.82, 2.24) is 9.62 Å².